The zero-order valence-corrected chi connectivity index (χ0v) is 22.6. The number of hydrogen-bond donors (Lipinski definition) is 1. The summed E-state index contributed by atoms with van der Waals surface area (Å²) < 4.78 is 41.6. The van der Waals surface area contributed by atoms with Crippen LogP contribution >= 0.6 is 23.1 Å². The molecular weight excluding hydrogens is 575 g/mol. The van der Waals surface area contributed by atoms with Crippen LogP contribution in [0.2, 0.25) is 0 Å². The first-order chi connectivity index (χ1) is 19.6. The predicted molar refractivity (Wildman–Crippen MR) is 149 cm³/mol. The average Bonchev–Trinajstić information content (AvgIpc) is 3.39. The van der Waals surface area contributed by atoms with Gasteiger partial charge in [-0.15, -0.1) is 0 Å². The molecule has 208 valence electrons. The van der Waals surface area contributed by atoms with Gasteiger partial charge in [-0.1, -0.05) is 77.7 Å². The van der Waals surface area contributed by atoms with Gasteiger partial charge in [-0.25, -0.2) is 4.90 Å². The van der Waals surface area contributed by atoms with E-state index >= 15 is 0 Å². The third-order valence-electron chi connectivity index (χ3n) is 7.00. The molecule has 2 aliphatic heterocycles. The van der Waals surface area contributed by atoms with E-state index in [1.807, 2.05) is 0 Å². The maximum absolute atomic E-state index is 13.8. The van der Waals surface area contributed by atoms with Crippen LogP contribution in [0.3, 0.4) is 0 Å². The minimum Gasteiger partial charge on any atom is -0.325 e. The quantitative estimate of drug-likeness (QED) is 0.314. The second-order valence-corrected chi connectivity index (χ2v) is 11.7. The Labute approximate surface area is 239 Å². The number of rotatable bonds is 5. The number of carbonyl (C=O) groups is 3. The first-order valence-electron chi connectivity index (χ1n) is 12.5. The molecule has 7 nitrogen and oxygen atoms in total. The highest BCUT2D eigenvalue weighted by Gasteiger charge is 2.57. The topological polar surface area (TPSA) is 88.5 Å². The molecule has 1 saturated heterocycles. The van der Waals surface area contributed by atoms with E-state index in [0.29, 0.717) is 21.2 Å². The summed E-state index contributed by atoms with van der Waals surface area (Å²) in [5.41, 5.74) is 0.0887. The second-order valence-electron chi connectivity index (χ2n) is 9.55. The number of amides is 3. The van der Waals surface area contributed by atoms with Crippen LogP contribution in [-0.2, 0) is 27.1 Å². The van der Waals surface area contributed by atoms with E-state index in [1.165, 1.54) is 10.6 Å². The minimum atomic E-state index is -4.66. The third kappa shape index (κ3) is 4.87. The molecule has 0 radical (unpaired) electrons. The maximum atomic E-state index is 13.8. The highest BCUT2D eigenvalue weighted by Crippen LogP contribution is 2.54. The molecule has 4 aromatic rings. The number of anilines is 2. The van der Waals surface area contributed by atoms with Crippen LogP contribution in [0.1, 0.15) is 21.9 Å². The molecule has 1 aromatic heterocycles. The Morgan fingerprint density at radius 3 is 2.24 bits per heavy atom. The van der Waals surface area contributed by atoms with Gasteiger partial charge in [-0.05, 0) is 35.9 Å². The molecule has 12 heteroatoms. The molecule has 0 aliphatic carbocycles. The van der Waals surface area contributed by atoms with Gasteiger partial charge in [0, 0.05) is 16.5 Å². The summed E-state index contributed by atoms with van der Waals surface area (Å²) in [6.45, 7) is -0.315. The maximum Gasteiger partial charge on any atom is 0.416 e. The first-order valence-corrected chi connectivity index (χ1v) is 14.2. The Morgan fingerprint density at radius 1 is 0.878 bits per heavy atom. The van der Waals surface area contributed by atoms with Crippen molar-refractivity contribution in [2.45, 2.75) is 28.9 Å². The van der Waals surface area contributed by atoms with Crippen molar-refractivity contribution in [3.8, 4) is 0 Å². The fourth-order valence-electron chi connectivity index (χ4n) is 5.22. The molecule has 3 atom stereocenters. The number of thiazole rings is 1. The van der Waals surface area contributed by atoms with Gasteiger partial charge in [0.1, 0.15) is 11.8 Å². The fraction of sp³-hybridized carbons (Fsp3) is 0.172. The van der Waals surface area contributed by atoms with Gasteiger partial charge in [0.05, 0.1) is 22.2 Å². The second kappa shape index (κ2) is 10.3. The molecule has 6 rings (SSSR count). The molecular formula is C29H20F3N3O4S2. The van der Waals surface area contributed by atoms with Gasteiger partial charge in [-0.2, -0.15) is 13.2 Å². The van der Waals surface area contributed by atoms with Crippen molar-refractivity contribution in [2.24, 2.45) is 5.92 Å². The van der Waals surface area contributed by atoms with Crippen LogP contribution in [0.25, 0.3) is 0 Å². The van der Waals surface area contributed by atoms with E-state index in [1.54, 1.807) is 60.7 Å². The standard InChI is InChI=1S/C29H20F3N3O4S2/c30-29(31,32)17-10-7-13-19(14-17)35-25(37)22-21(16-8-3-1-4-9-16)24-27(40-23(22)26(35)38)34(28(39)41-24)15-20(36)33-18-11-5-2-6-12-18/h1-14,21-23H,15H2,(H,33,36). The minimum absolute atomic E-state index is 0.167. The highest BCUT2D eigenvalue weighted by molar-refractivity contribution is 8.00. The van der Waals surface area contributed by atoms with Crippen molar-refractivity contribution in [3.63, 3.8) is 0 Å². The molecule has 0 saturated carbocycles. The van der Waals surface area contributed by atoms with Crippen LogP contribution in [-0.4, -0.2) is 27.5 Å². The van der Waals surface area contributed by atoms with Crippen molar-refractivity contribution < 1.29 is 27.6 Å². The van der Waals surface area contributed by atoms with Gasteiger partial charge in [0.15, 0.2) is 0 Å². The Morgan fingerprint density at radius 2 is 1.56 bits per heavy atom. The number of benzene rings is 3. The Bertz CT molecular complexity index is 1720. The normalized spacial score (nSPS) is 20.1. The monoisotopic (exact) mass is 595 g/mol. The van der Waals surface area contributed by atoms with Gasteiger partial charge < -0.3 is 5.32 Å². The largest absolute Gasteiger partial charge is 0.416 e. The van der Waals surface area contributed by atoms with Crippen LogP contribution < -0.4 is 15.1 Å². The van der Waals surface area contributed by atoms with E-state index in [0.717, 1.165) is 46.2 Å². The molecule has 2 aliphatic rings. The third-order valence-corrected chi connectivity index (χ3v) is 9.60. The van der Waals surface area contributed by atoms with Crippen LogP contribution in [0.15, 0.2) is 94.7 Å². The summed E-state index contributed by atoms with van der Waals surface area (Å²) >= 11 is 1.90. The number of aromatic nitrogens is 1. The number of carbonyl (C=O) groups excluding carboxylic acids is 3. The van der Waals surface area contributed by atoms with E-state index in [4.69, 9.17) is 0 Å². The summed E-state index contributed by atoms with van der Waals surface area (Å²) in [6, 6.07) is 21.7. The van der Waals surface area contributed by atoms with Crippen LogP contribution in [0.5, 0.6) is 0 Å². The molecule has 1 N–H and O–H groups in total. The average molecular weight is 596 g/mol. The van der Waals surface area contributed by atoms with Crippen molar-refractivity contribution in [1.82, 2.24) is 4.57 Å². The summed E-state index contributed by atoms with van der Waals surface area (Å²) in [4.78, 5) is 54.5. The Hall–Kier alpha value is -4.16. The SMILES string of the molecule is O=C(Cn1c2c(sc1=O)C(c1ccccc1)C1C(=O)N(c3cccc(C(F)(F)F)c3)C(=O)C1S2)Nc1ccccc1. The Kier molecular flexibility index (Phi) is 6.82. The van der Waals surface area contributed by atoms with Crippen molar-refractivity contribution in [2.75, 3.05) is 10.2 Å². The Balaban J connectivity index is 1.41. The molecule has 0 bridgehead atoms. The van der Waals surface area contributed by atoms with E-state index in [2.05, 4.69) is 5.32 Å². The number of thioether (sulfide) groups is 1. The number of imide groups is 1. The molecule has 3 heterocycles. The lowest BCUT2D eigenvalue weighted by molar-refractivity contribution is -0.137. The van der Waals surface area contributed by atoms with Gasteiger partial charge in [-0.3, -0.25) is 23.7 Å². The summed E-state index contributed by atoms with van der Waals surface area (Å²) in [5, 5.41) is 2.13. The number of fused-ring (bicyclic) bond motifs is 2. The molecule has 3 aromatic carbocycles. The van der Waals surface area contributed by atoms with Crippen molar-refractivity contribution in [1.29, 1.82) is 0 Å². The summed E-state index contributed by atoms with van der Waals surface area (Å²) in [7, 11) is 0. The zero-order valence-electron chi connectivity index (χ0n) is 21.0. The highest BCUT2D eigenvalue weighted by atomic mass is 32.2. The predicted octanol–water partition coefficient (Wildman–Crippen LogP) is 5.36. The van der Waals surface area contributed by atoms with Crippen molar-refractivity contribution >= 4 is 52.2 Å². The molecule has 41 heavy (non-hydrogen) atoms. The number of para-hydroxylation sites is 1. The number of nitrogens with one attached hydrogen (secondary N) is 1. The molecule has 1 fully saturated rings. The van der Waals surface area contributed by atoms with Gasteiger partial charge in [0.25, 0.3) is 0 Å². The first kappa shape index (κ1) is 27.0. The van der Waals surface area contributed by atoms with Crippen LogP contribution in [0.4, 0.5) is 24.5 Å². The number of nitrogens with zero attached hydrogens (tertiary/aromatic N) is 2. The summed E-state index contributed by atoms with van der Waals surface area (Å²) in [6.07, 6.45) is -4.66. The van der Waals surface area contributed by atoms with E-state index in [9.17, 15) is 32.3 Å². The molecule has 3 unspecified atom stereocenters. The molecule has 3 amide bonds. The van der Waals surface area contributed by atoms with E-state index in [-0.39, 0.29) is 12.2 Å². The van der Waals surface area contributed by atoms with Gasteiger partial charge >= 0.3 is 11.0 Å². The fourth-order valence-corrected chi connectivity index (χ4v) is 7.99. The molecule has 0 spiro atoms. The number of hydrogen-bond acceptors (Lipinski definition) is 6. The summed E-state index contributed by atoms with van der Waals surface area (Å²) in [5.74, 6) is -3.42. The van der Waals surface area contributed by atoms with Gasteiger partial charge in [0.2, 0.25) is 17.7 Å². The number of halogens is 3. The lowest BCUT2D eigenvalue weighted by Gasteiger charge is -2.30. The van der Waals surface area contributed by atoms with Crippen molar-refractivity contribution in [3.05, 3.63) is 111 Å². The van der Waals surface area contributed by atoms with Crippen LogP contribution in [0, 0.1) is 5.92 Å². The number of alkyl halides is 3. The lowest BCUT2D eigenvalue weighted by atomic mass is 9.83. The smallest absolute Gasteiger partial charge is 0.325 e. The van der Waals surface area contributed by atoms with E-state index < -0.39 is 51.4 Å². The zero-order chi connectivity index (χ0) is 28.9. The lowest BCUT2D eigenvalue weighted by Crippen LogP contribution is -2.33.